The van der Waals surface area contributed by atoms with Gasteiger partial charge in [0.05, 0.1) is 48.7 Å². The number of allylic oxidation sites excluding steroid dienone is 1. The summed E-state index contributed by atoms with van der Waals surface area (Å²) in [6, 6.07) is 2.37. The van der Waals surface area contributed by atoms with Crippen molar-refractivity contribution in [1.82, 2.24) is 10.2 Å². The van der Waals surface area contributed by atoms with Crippen LogP contribution in [0.25, 0.3) is 0 Å². The second kappa shape index (κ2) is 13.6. The normalized spacial score (nSPS) is 48.0. The first kappa shape index (κ1) is 40.7. The van der Waals surface area contributed by atoms with Crippen molar-refractivity contribution in [3.8, 4) is 0 Å². The average molecular weight is 859 g/mol. The van der Waals surface area contributed by atoms with Gasteiger partial charge >= 0.3 is 11.9 Å². The molecule has 0 unspecified atom stereocenters. The first-order valence-electron chi connectivity index (χ1n) is 24.3. The Hall–Kier alpha value is -2.81. The molecule has 12 rings (SSSR count). The van der Waals surface area contributed by atoms with Crippen molar-refractivity contribution in [3.63, 3.8) is 0 Å². The minimum atomic E-state index is -1.43. The maximum Gasteiger partial charge on any atom is 0.339 e. The number of furan rings is 1. The molecule has 1 aromatic rings. The quantitative estimate of drug-likeness (QED) is 0.218. The SMILES string of the molecule is CC1(C)O[C@H]2C3(CCCC3)C(=O)OC[C@@]23[C@@H]1C(=O)[C@@H](O)[C@]1(C2CCCC2)[C@@H]3CC[C@@]2(C)[C@H](c3ccoc3C[C@@H]([C@@H]3CC[C@H]4[C@H](C=CN5CNC[C@@H]45)C3)[C@H](O)CO)OC(=O)[C@H]3O[C@@]312. The van der Waals surface area contributed by atoms with Crippen LogP contribution in [0.5, 0.6) is 0 Å². The number of cyclic esters (lactones) is 2. The molecule has 0 amide bonds. The molecule has 338 valence electrons. The molecule has 11 aliphatic rings. The molecule has 5 aliphatic carbocycles. The van der Waals surface area contributed by atoms with Crippen molar-refractivity contribution >= 4 is 17.7 Å². The van der Waals surface area contributed by atoms with Crippen molar-refractivity contribution < 1.29 is 53.1 Å². The summed E-state index contributed by atoms with van der Waals surface area (Å²) in [5.41, 5.74) is -5.31. The van der Waals surface area contributed by atoms with Crippen molar-refractivity contribution in [3.05, 3.63) is 35.9 Å². The Morgan fingerprint density at radius 3 is 2.53 bits per heavy atom. The number of nitrogens with one attached hydrogen (secondary N) is 1. The molecule has 13 nitrogen and oxygen atoms in total. The second-order valence-electron chi connectivity index (χ2n) is 22.7. The Bertz CT molecular complexity index is 2060. The molecular formula is C49H66N2O11. The summed E-state index contributed by atoms with van der Waals surface area (Å²) in [6.07, 6.45) is 12.4. The number of ketones is 1. The van der Waals surface area contributed by atoms with Crippen molar-refractivity contribution in [1.29, 1.82) is 0 Å². The van der Waals surface area contributed by atoms with Gasteiger partial charge in [-0.2, -0.15) is 0 Å². The van der Waals surface area contributed by atoms with Gasteiger partial charge in [-0.15, -0.1) is 0 Å². The summed E-state index contributed by atoms with van der Waals surface area (Å²) < 4.78 is 33.5. The highest BCUT2D eigenvalue weighted by molar-refractivity contribution is 5.93. The summed E-state index contributed by atoms with van der Waals surface area (Å²) >= 11 is 0. The van der Waals surface area contributed by atoms with Gasteiger partial charge in [0.1, 0.15) is 30.2 Å². The molecule has 62 heavy (non-hydrogen) atoms. The number of hydrogen-bond acceptors (Lipinski definition) is 13. The molecule has 0 bridgehead atoms. The molecule has 6 aliphatic heterocycles. The summed E-state index contributed by atoms with van der Waals surface area (Å²) in [4.78, 5) is 46.7. The zero-order valence-electron chi connectivity index (χ0n) is 36.6. The van der Waals surface area contributed by atoms with E-state index in [1.165, 1.54) is 0 Å². The molecule has 16 atom stereocenters. The third kappa shape index (κ3) is 4.84. The molecule has 0 aromatic carbocycles. The highest BCUT2D eigenvalue weighted by Gasteiger charge is 2.93. The van der Waals surface area contributed by atoms with E-state index in [0.717, 1.165) is 76.6 Å². The summed E-state index contributed by atoms with van der Waals surface area (Å²) in [5.74, 6) is -0.761. The molecule has 7 heterocycles. The van der Waals surface area contributed by atoms with Crippen LogP contribution in [0.1, 0.15) is 122 Å². The standard InChI is InChI=1S/C49H66N2O11/c1-44(2)37-36(54)38(55)48(28-8-4-5-9-28)35(47(37)24-59-43(57)46(42(47)62-44)15-6-7-16-46)12-17-45(3)39(60-41(56)40-49(45,48)61-40)30-14-19-58-34(30)21-31(33(53)23-52)26-10-11-29-27(20-26)13-18-51-25-50-22-32(29)51/h13-14,18-19,26-29,31-33,35,37-40,42,50,52-53,55H,4-12,15-17,20-25H2,1-3H3/t26-,27-,29+,31+,32+,33-,35-,37-,38-,39+,40-,42+,45+,47-,48+,49-/m1/s1. The third-order valence-electron chi connectivity index (χ3n) is 20.2. The predicted molar refractivity (Wildman–Crippen MR) is 220 cm³/mol. The number of nitrogens with zero attached hydrogens (tertiary/aromatic N) is 1. The van der Waals surface area contributed by atoms with E-state index in [9.17, 15) is 24.9 Å². The predicted octanol–water partition coefficient (Wildman–Crippen LogP) is 4.75. The van der Waals surface area contributed by atoms with Crippen LogP contribution in [-0.4, -0.2) is 106 Å². The highest BCUT2D eigenvalue weighted by Crippen LogP contribution is 2.83. The van der Waals surface area contributed by atoms with Gasteiger partial charge in [0.2, 0.25) is 0 Å². The van der Waals surface area contributed by atoms with Gasteiger partial charge in [-0.05, 0) is 119 Å². The van der Waals surface area contributed by atoms with Crippen molar-refractivity contribution in [2.24, 2.45) is 63.1 Å². The minimum Gasteiger partial charge on any atom is -0.469 e. The van der Waals surface area contributed by atoms with Gasteiger partial charge in [0.25, 0.3) is 0 Å². The Kier molecular flexibility index (Phi) is 8.94. The third-order valence-corrected chi connectivity index (χ3v) is 20.2. The first-order valence-corrected chi connectivity index (χ1v) is 24.3. The summed E-state index contributed by atoms with van der Waals surface area (Å²) in [7, 11) is 0. The van der Waals surface area contributed by atoms with Crippen LogP contribution >= 0.6 is 0 Å². The number of carbonyl (C=O) groups is 3. The number of aliphatic hydroxyl groups is 3. The van der Waals surface area contributed by atoms with Gasteiger partial charge in [-0.1, -0.05) is 38.7 Å². The number of epoxide rings is 1. The molecule has 1 aromatic heterocycles. The number of Topliss-reactive ketones (excluding diaryl/α,β-unsaturated/α-hetero) is 1. The maximum atomic E-state index is 15.6. The van der Waals surface area contributed by atoms with Crippen LogP contribution in [0.3, 0.4) is 0 Å². The number of carbonyl (C=O) groups excluding carboxylic acids is 3. The molecule has 0 radical (unpaired) electrons. The molecule has 5 saturated carbocycles. The Morgan fingerprint density at radius 2 is 1.76 bits per heavy atom. The molecular weight excluding hydrogens is 793 g/mol. The zero-order valence-corrected chi connectivity index (χ0v) is 36.6. The Balaban J connectivity index is 0.944. The lowest BCUT2D eigenvalue weighted by atomic mass is 9.32. The number of ether oxygens (including phenoxy) is 4. The van der Waals surface area contributed by atoms with Gasteiger partial charge in [0.15, 0.2) is 11.9 Å². The van der Waals surface area contributed by atoms with E-state index in [4.69, 9.17) is 23.4 Å². The zero-order chi connectivity index (χ0) is 42.8. The van der Waals surface area contributed by atoms with Crippen LogP contribution in [0.2, 0.25) is 0 Å². The first-order chi connectivity index (χ1) is 29.8. The molecule has 5 saturated heterocycles. The van der Waals surface area contributed by atoms with E-state index < -0.39 is 75.3 Å². The summed E-state index contributed by atoms with van der Waals surface area (Å²) in [5, 5.41) is 38.8. The summed E-state index contributed by atoms with van der Waals surface area (Å²) in [6.45, 7) is 7.58. The number of esters is 2. The van der Waals surface area contributed by atoms with Crippen LogP contribution < -0.4 is 5.32 Å². The lowest BCUT2D eigenvalue weighted by molar-refractivity contribution is -0.282. The van der Waals surface area contributed by atoms with E-state index >= 15 is 4.79 Å². The minimum absolute atomic E-state index is 0.0457. The fraction of sp³-hybridized carbons (Fsp3) is 0.816. The molecule has 13 heteroatoms. The maximum absolute atomic E-state index is 15.6. The number of hydrogen-bond donors (Lipinski definition) is 4. The van der Waals surface area contributed by atoms with E-state index in [1.807, 2.05) is 19.9 Å². The molecule has 4 N–H and O–H groups in total. The average Bonchev–Trinajstić information content (AvgIpc) is 3.94. The van der Waals surface area contributed by atoms with Crippen LogP contribution in [0, 0.1) is 63.1 Å². The number of aliphatic hydroxyl groups excluding tert-OH is 3. The molecule has 3 spiro atoms. The monoisotopic (exact) mass is 858 g/mol. The second-order valence-corrected chi connectivity index (χ2v) is 22.7. The fourth-order valence-corrected chi connectivity index (χ4v) is 18.0. The van der Waals surface area contributed by atoms with Gasteiger partial charge < -0.3 is 43.6 Å². The topological polar surface area (TPSA) is 181 Å². The Labute approximate surface area is 364 Å². The van der Waals surface area contributed by atoms with Gasteiger partial charge in [-0.3, -0.25) is 14.9 Å². The fourth-order valence-electron chi connectivity index (χ4n) is 18.0. The number of fused-ring (bicyclic) bond motifs is 5. The van der Waals surface area contributed by atoms with Crippen molar-refractivity contribution in [2.45, 2.75) is 158 Å². The van der Waals surface area contributed by atoms with E-state index in [2.05, 4.69) is 29.4 Å². The van der Waals surface area contributed by atoms with E-state index in [-0.39, 0.29) is 48.6 Å². The largest absolute Gasteiger partial charge is 0.469 e. The highest BCUT2D eigenvalue weighted by atomic mass is 16.7. The van der Waals surface area contributed by atoms with Crippen LogP contribution in [0.15, 0.2) is 29.0 Å². The Morgan fingerprint density at radius 1 is 0.968 bits per heavy atom. The van der Waals surface area contributed by atoms with Crippen molar-refractivity contribution in [2.75, 3.05) is 26.4 Å². The lowest BCUT2D eigenvalue weighted by Crippen LogP contribution is -2.79. The van der Waals surface area contributed by atoms with Gasteiger partial charge in [-0.25, -0.2) is 4.79 Å². The van der Waals surface area contributed by atoms with E-state index in [1.54, 1.807) is 6.26 Å². The van der Waals surface area contributed by atoms with Gasteiger partial charge in [0, 0.05) is 40.8 Å². The lowest BCUT2D eigenvalue weighted by Gasteiger charge is -2.70. The smallest absolute Gasteiger partial charge is 0.339 e. The molecule has 10 fully saturated rings. The number of rotatable bonds is 7. The van der Waals surface area contributed by atoms with Crippen LogP contribution in [-0.2, 0) is 39.8 Å². The van der Waals surface area contributed by atoms with E-state index in [0.29, 0.717) is 55.7 Å². The van der Waals surface area contributed by atoms with Crippen LogP contribution in [0.4, 0.5) is 0 Å².